The minimum absolute atomic E-state index is 0. The minimum Gasteiger partial charge on any atom is -1.00 e. The molecule has 0 saturated carbocycles. The topological polar surface area (TPSA) is 143 Å². The first-order valence-electron chi connectivity index (χ1n) is 1.34. The molecule has 14 heavy (non-hydrogen) atoms. The molecule has 0 aromatic rings. The molecule has 8 heteroatoms. The fourth-order valence-corrected chi connectivity index (χ4v) is 0. The van der Waals surface area contributed by atoms with Crippen molar-refractivity contribution in [3.05, 3.63) is 39.4 Å². The van der Waals surface area contributed by atoms with Crippen molar-refractivity contribution in [2.75, 3.05) is 0 Å². The second-order valence-electron chi connectivity index (χ2n) is 0. The van der Waals surface area contributed by atoms with E-state index in [0.717, 1.165) is 0 Å². The summed E-state index contributed by atoms with van der Waals surface area (Å²) in [5.41, 5.74) is 0. The summed E-state index contributed by atoms with van der Waals surface area (Å²) in [6.45, 7) is 28.5. The molecule has 0 fully saturated rings. The van der Waals surface area contributed by atoms with Crippen LogP contribution in [0, 0.1) is 71.0 Å². The van der Waals surface area contributed by atoms with Crippen molar-refractivity contribution in [1.82, 2.24) is 0 Å². The van der Waals surface area contributed by atoms with Crippen molar-refractivity contribution in [3.63, 3.8) is 0 Å². The number of rotatable bonds is 0. The van der Waals surface area contributed by atoms with E-state index in [1.807, 2.05) is 0 Å². The van der Waals surface area contributed by atoms with Gasteiger partial charge in [-0.3, -0.25) is 0 Å². The Morgan fingerprint density at radius 2 is 0.429 bits per heavy atom. The van der Waals surface area contributed by atoms with Gasteiger partial charge < -0.3 is 72.4 Å². The van der Waals surface area contributed by atoms with Crippen molar-refractivity contribution in [1.29, 1.82) is 31.6 Å². The third-order valence-corrected chi connectivity index (χ3v) is 0. The molecule has 0 N–H and O–H groups in total. The number of hydrogen-bond acceptors (Lipinski definition) is 6. The van der Waals surface area contributed by atoms with Crippen molar-refractivity contribution >= 4 is 0 Å². The Hall–Kier alpha value is -0.800. The molecule has 0 aliphatic heterocycles. The Balaban J connectivity index is -0.00000000396. The Morgan fingerprint density at radius 3 is 0.429 bits per heavy atom. The first-order valence-corrected chi connectivity index (χ1v) is 1.34. The van der Waals surface area contributed by atoms with Gasteiger partial charge in [0.25, 0.3) is 0 Å². The van der Waals surface area contributed by atoms with Gasteiger partial charge in [0.05, 0.1) is 0 Å². The zero-order valence-corrected chi connectivity index (χ0v) is 11.9. The molecule has 0 saturated heterocycles. The molecule has 0 atom stereocenters. The van der Waals surface area contributed by atoms with Gasteiger partial charge in [-0.2, -0.15) is 0 Å². The SMILES string of the molecule is [C-]#N.[C-]#N.[C-]#N.[C-]#N.[C-]#N.[C-]#N.[H-].[K+].[Ru+6]. The van der Waals surface area contributed by atoms with Gasteiger partial charge >= 0.3 is 70.9 Å². The normalized spacial score (nSPS) is 0.857. The molecule has 0 unspecified atom stereocenters. The van der Waals surface area contributed by atoms with Gasteiger partial charge in [0.15, 0.2) is 0 Å². The van der Waals surface area contributed by atoms with Crippen LogP contribution in [0.1, 0.15) is 1.43 Å². The number of nitrogens with zero attached hydrogens (tertiary/aromatic N) is 6. The summed E-state index contributed by atoms with van der Waals surface area (Å²) in [5, 5.41) is 37.5. The maximum atomic E-state index is 6.25. The van der Waals surface area contributed by atoms with E-state index >= 15 is 0 Å². The zero-order valence-electron chi connectivity index (χ0n) is 8.04. The van der Waals surface area contributed by atoms with Crippen LogP contribution in [0.5, 0.6) is 0 Å². The van der Waals surface area contributed by atoms with Gasteiger partial charge in [-0.25, -0.2) is 0 Å². The molecule has 0 amide bonds. The largest absolute Gasteiger partial charge is 6.00 e. The van der Waals surface area contributed by atoms with Gasteiger partial charge in [-0.15, -0.1) is 0 Å². The number of hydrogen-bond donors (Lipinski definition) is 0. The second-order valence-corrected chi connectivity index (χ2v) is 0. The molecule has 0 radical (unpaired) electrons. The fraction of sp³-hybridized carbons (Fsp3) is 0. The van der Waals surface area contributed by atoms with Gasteiger partial charge in [0.2, 0.25) is 0 Å². The van der Waals surface area contributed by atoms with Crippen LogP contribution in [-0.4, -0.2) is 0 Å². The maximum absolute atomic E-state index is 6.25. The zero-order chi connectivity index (χ0) is 12.0. The molecule has 6 nitrogen and oxygen atoms in total. The Kier molecular flexibility index (Phi) is 12400. The third kappa shape index (κ3) is 1820. The quantitative estimate of drug-likeness (QED) is 0.363. The van der Waals surface area contributed by atoms with E-state index in [9.17, 15) is 0 Å². The summed E-state index contributed by atoms with van der Waals surface area (Å²) in [6.07, 6.45) is 0. The maximum Gasteiger partial charge on any atom is 6.00 e. The molecule has 64 valence electrons. The van der Waals surface area contributed by atoms with E-state index in [2.05, 4.69) is 0 Å². The van der Waals surface area contributed by atoms with Gasteiger partial charge in [-0.1, -0.05) is 0 Å². The Bertz CT molecular complexity index is 103. The van der Waals surface area contributed by atoms with Crippen molar-refractivity contribution < 1.29 is 72.3 Å². The van der Waals surface area contributed by atoms with Crippen LogP contribution in [0.2, 0.25) is 0 Å². The average Bonchev–Trinajstić information content (AvgIpc) is 2.33. The van der Waals surface area contributed by atoms with E-state index in [-0.39, 0.29) is 72.3 Å². The molecule has 0 bridgehead atoms. The van der Waals surface area contributed by atoms with Crippen molar-refractivity contribution in [2.24, 2.45) is 0 Å². The molecule has 0 rings (SSSR count). The van der Waals surface area contributed by atoms with Crippen LogP contribution in [0.15, 0.2) is 0 Å². The summed E-state index contributed by atoms with van der Waals surface area (Å²) in [4.78, 5) is 0. The third-order valence-electron chi connectivity index (χ3n) is 0. The van der Waals surface area contributed by atoms with E-state index in [4.69, 9.17) is 71.0 Å². The Labute approximate surface area is 141 Å². The Morgan fingerprint density at radius 1 is 0.429 bits per heavy atom. The van der Waals surface area contributed by atoms with Crippen LogP contribution in [0.25, 0.3) is 0 Å². The van der Waals surface area contributed by atoms with E-state index in [1.165, 1.54) is 0 Å². The smallest absolute Gasteiger partial charge is 1.00 e. The standard InChI is InChI=1S/6CN.K.Ru.H/c6*1-2;;;/q6*-1;+1;+6;-1. The fourth-order valence-electron chi connectivity index (χ4n) is 0. The van der Waals surface area contributed by atoms with Gasteiger partial charge in [0.1, 0.15) is 0 Å². The summed E-state index contributed by atoms with van der Waals surface area (Å²) in [5.74, 6) is 0. The van der Waals surface area contributed by atoms with Crippen molar-refractivity contribution in [3.8, 4) is 0 Å². The second kappa shape index (κ2) is 2390. The summed E-state index contributed by atoms with van der Waals surface area (Å²) < 4.78 is 0. The first kappa shape index (κ1) is 72.7. The summed E-state index contributed by atoms with van der Waals surface area (Å²) >= 11 is 0. The van der Waals surface area contributed by atoms with Crippen LogP contribution < -0.4 is 51.4 Å². The van der Waals surface area contributed by atoms with Crippen LogP contribution in [-0.2, 0) is 19.5 Å². The molecule has 0 aromatic carbocycles. The van der Waals surface area contributed by atoms with Crippen LogP contribution in [0.3, 0.4) is 0 Å². The predicted octanol–water partition coefficient (Wildman–Crippen LogP) is -2.31. The molecular weight excluding hydrogens is 296 g/mol. The summed E-state index contributed by atoms with van der Waals surface area (Å²) in [6, 6.07) is 0. The first-order chi connectivity index (χ1) is 6.00. The molecule has 0 aromatic heterocycles. The molecule has 0 aliphatic rings. The average molecular weight is 297 g/mol. The molecule has 0 spiro atoms. The van der Waals surface area contributed by atoms with E-state index in [0.29, 0.717) is 0 Å². The van der Waals surface area contributed by atoms with E-state index in [1.54, 1.807) is 0 Å². The van der Waals surface area contributed by atoms with Crippen LogP contribution in [0.4, 0.5) is 0 Å². The van der Waals surface area contributed by atoms with Gasteiger partial charge in [-0.05, 0) is 0 Å². The predicted molar refractivity (Wildman–Crippen MR) is 30.9 cm³/mol. The van der Waals surface area contributed by atoms with Crippen molar-refractivity contribution in [2.45, 2.75) is 0 Å². The molecule has 0 heterocycles. The van der Waals surface area contributed by atoms with Crippen LogP contribution >= 0.6 is 0 Å². The molecular formula is C6HKN6Ru. The van der Waals surface area contributed by atoms with E-state index < -0.39 is 0 Å². The monoisotopic (exact) mass is 298 g/mol. The minimum atomic E-state index is 0. The van der Waals surface area contributed by atoms with Gasteiger partial charge in [0, 0.05) is 0 Å². The summed E-state index contributed by atoms with van der Waals surface area (Å²) in [7, 11) is 0. The molecule has 0 aliphatic carbocycles.